The van der Waals surface area contributed by atoms with Crippen LogP contribution in [0.25, 0.3) is 22.4 Å². The molecule has 0 fully saturated rings. The van der Waals surface area contributed by atoms with E-state index in [2.05, 4.69) is 15.0 Å². The molecule has 1 N–H and O–H groups in total. The fourth-order valence-corrected chi connectivity index (χ4v) is 1.74. The second-order valence-corrected chi connectivity index (χ2v) is 3.79. The maximum absolute atomic E-state index is 13.0. The Labute approximate surface area is 101 Å². The van der Waals surface area contributed by atoms with Gasteiger partial charge in [0.2, 0.25) is 0 Å². The van der Waals surface area contributed by atoms with Gasteiger partial charge in [-0.1, -0.05) is 6.07 Å². The molecule has 0 saturated heterocycles. The maximum atomic E-state index is 13.0. The Morgan fingerprint density at radius 1 is 1.17 bits per heavy atom. The molecule has 88 valence electrons. The van der Waals surface area contributed by atoms with Crippen LogP contribution in [-0.4, -0.2) is 15.0 Å². The van der Waals surface area contributed by atoms with Gasteiger partial charge in [0.25, 0.3) is 5.56 Å². The minimum atomic E-state index is -0.458. The van der Waals surface area contributed by atoms with Crippen molar-refractivity contribution in [1.82, 2.24) is 15.0 Å². The molecule has 0 unspecified atom stereocenters. The van der Waals surface area contributed by atoms with Crippen LogP contribution in [0.2, 0.25) is 0 Å². The molecule has 4 nitrogen and oxygen atoms in total. The van der Waals surface area contributed by atoms with Crippen molar-refractivity contribution in [3.8, 4) is 11.5 Å². The van der Waals surface area contributed by atoms with Crippen molar-refractivity contribution in [3.05, 3.63) is 58.8 Å². The van der Waals surface area contributed by atoms with Crippen molar-refractivity contribution in [2.75, 3.05) is 0 Å². The van der Waals surface area contributed by atoms with E-state index in [0.717, 1.165) is 0 Å². The molecule has 3 aromatic rings. The molecule has 0 bridgehead atoms. The Hall–Kier alpha value is -2.56. The molecule has 18 heavy (non-hydrogen) atoms. The van der Waals surface area contributed by atoms with E-state index in [-0.39, 0.29) is 10.9 Å². The quantitative estimate of drug-likeness (QED) is 0.710. The summed E-state index contributed by atoms with van der Waals surface area (Å²) in [5, 5.41) is 0.231. The van der Waals surface area contributed by atoms with E-state index in [9.17, 15) is 9.18 Å². The van der Waals surface area contributed by atoms with Gasteiger partial charge in [-0.25, -0.2) is 9.37 Å². The number of halogens is 1. The zero-order valence-electron chi connectivity index (χ0n) is 9.22. The maximum Gasteiger partial charge on any atom is 0.259 e. The lowest BCUT2D eigenvalue weighted by Crippen LogP contribution is -2.10. The number of nitrogens with zero attached hydrogens (tertiary/aromatic N) is 2. The number of fused-ring (bicyclic) bond motifs is 1. The average Bonchev–Trinajstić information content (AvgIpc) is 2.40. The summed E-state index contributed by atoms with van der Waals surface area (Å²) in [6, 6.07) is 9.25. The van der Waals surface area contributed by atoms with Gasteiger partial charge in [-0.2, -0.15) is 0 Å². The molecule has 1 aromatic carbocycles. The van der Waals surface area contributed by atoms with E-state index in [1.807, 2.05) is 0 Å². The van der Waals surface area contributed by atoms with Crippen molar-refractivity contribution in [2.45, 2.75) is 0 Å². The molecular formula is C13H8FN3O. The summed E-state index contributed by atoms with van der Waals surface area (Å²) < 4.78 is 13.0. The van der Waals surface area contributed by atoms with Crippen molar-refractivity contribution in [1.29, 1.82) is 0 Å². The predicted molar refractivity (Wildman–Crippen MR) is 65.6 cm³/mol. The Bertz CT molecular complexity index is 768. The summed E-state index contributed by atoms with van der Waals surface area (Å²) in [6.45, 7) is 0. The second kappa shape index (κ2) is 4.03. The van der Waals surface area contributed by atoms with Gasteiger partial charge >= 0.3 is 0 Å². The van der Waals surface area contributed by atoms with Gasteiger partial charge in [0.1, 0.15) is 11.5 Å². The lowest BCUT2D eigenvalue weighted by Gasteiger charge is -2.02. The number of rotatable bonds is 1. The van der Waals surface area contributed by atoms with Crippen LogP contribution in [0.15, 0.2) is 47.4 Å². The van der Waals surface area contributed by atoms with Gasteiger partial charge in [-0.05, 0) is 30.3 Å². The van der Waals surface area contributed by atoms with Gasteiger partial charge in [0.05, 0.1) is 10.9 Å². The molecule has 5 heteroatoms. The van der Waals surface area contributed by atoms with Crippen LogP contribution < -0.4 is 5.56 Å². The third-order valence-corrected chi connectivity index (χ3v) is 2.57. The minimum Gasteiger partial charge on any atom is -0.305 e. The van der Waals surface area contributed by atoms with Crippen LogP contribution in [0, 0.1) is 5.82 Å². The first-order valence-electron chi connectivity index (χ1n) is 5.35. The Morgan fingerprint density at radius 3 is 2.83 bits per heavy atom. The van der Waals surface area contributed by atoms with E-state index < -0.39 is 5.82 Å². The largest absolute Gasteiger partial charge is 0.305 e. The van der Waals surface area contributed by atoms with Gasteiger partial charge < -0.3 is 4.98 Å². The summed E-state index contributed by atoms with van der Waals surface area (Å²) in [5.74, 6) is -0.0832. The molecule has 0 aliphatic carbocycles. The normalized spacial score (nSPS) is 10.7. The Morgan fingerprint density at radius 2 is 2.06 bits per heavy atom. The van der Waals surface area contributed by atoms with E-state index in [1.165, 1.54) is 18.2 Å². The summed E-state index contributed by atoms with van der Waals surface area (Å²) in [5.41, 5.74) is 0.641. The van der Waals surface area contributed by atoms with Crippen LogP contribution >= 0.6 is 0 Å². The molecule has 0 spiro atoms. The first kappa shape index (κ1) is 10.6. The number of hydrogen-bond donors (Lipinski definition) is 1. The predicted octanol–water partition coefficient (Wildman–Crippen LogP) is 2.12. The standard InChI is InChI=1S/C13H8FN3O/c14-8-4-5-10-9(7-8)13(18)17-12(16-10)11-3-1-2-6-15-11/h1-7H,(H,16,17,18). The van der Waals surface area contributed by atoms with E-state index in [0.29, 0.717) is 17.0 Å². The van der Waals surface area contributed by atoms with Gasteiger partial charge in [-0.3, -0.25) is 9.78 Å². The van der Waals surface area contributed by atoms with Gasteiger partial charge in [0, 0.05) is 6.20 Å². The van der Waals surface area contributed by atoms with Crippen molar-refractivity contribution in [3.63, 3.8) is 0 Å². The van der Waals surface area contributed by atoms with Crippen LogP contribution in [0.4, 0.5) is 4.39 Å². The summed E-state index contributed by atoms with van der Waals surface area (Å²) >= 11 is 0. The highest BCUT2D eigenvalue weighted by Gasteiger charge is 2.07. The molecule has 0 amide bonds. The molecule has 0 atom stereocenters. The molecular weight excluding hydrogens is 233 g/mol. The molecule has 0 radical (unpaired) electrons. The van der Waals surface area contributed by atoms with Crippen LogP contribution in [0.3, 0.4) is 0 Å². The fraction of sp³-hybridized carbons (Fsp3) is 0. The van der Waals surface area contributed by atoms with Gasteiger partial charge in [-0.15, -0.1) is 0 Å². The molecule has 2 heterocycles. The lowest BCUT2D eigenvalue weighted by molar-refractivity contribution is 0.629. The molecule has 0 saturated carbocycles. The van der Waals surface area contributed by atoms with Crippen molar-refractivity contribution < 1.29 is 4.39 Å². The monoisotopic (exact) mass is 241 g/mol. The summed E-state index contributed by atoms with van der Waals surface area (Å²) in [6.07, 6.45) is 1.62. The molecule has 0 aliphatic rings. The van der Waals surface area contributed by atoms with Crippen LogP contribution in [-0.2, 0) is 0 Å². The topological polar surface area (TPSA) is 58.6 Å². The Kier molecular flexibility index (Phi) is 2.37. The van der Waals surface area contributed by atoms with E-state index >= 15 is 0 Å². The van der Waals surface area contributed by atoms with Crippen LogP contribution in [0.5, 0.6) is 0 Å². The van der Waals surface area contributed by atoms with Crippen LogP contribution in [0.1, 0.15) is 0 Å². The highest BCUT2D eigenvalue weighted by Crippen LogP contribution is 2.14. The van der Waals surface area contributed by atoms with Crippen molar-refractivity contribution >= 4 is 10.9 Å². The smallest absolute Gasteiger partial charge is 0.259 e. The number of pyridine rings is 1. The Balaban J connectivity index is 2.29. The first-order valence-corrected chi connectivity index (χ1v) is 5.35. The highest BCUT2D eigenvalue weighted by molar-refractivity contribution is 5.79. The SMILES string of the molecule is O=c1[nH]c(-c2ccccn2)nc2ccc(F)cc12. The van der Waals surface area contributed by atoms with Crippen molar-refractivity contribution in [2.24, 2.45) is 0 Å². The third kappa shape index (κ3) is 1.75. The fourth-order valence-electron chi connectivity index (χ4n) is 1.74. The number of benzene rings is 1. The highest BCUT2D eigenvalue weighted by atomic mass is 19.1. The summed E-state index contributed by atoms with van der Waals surface area (Å²) in [4.78, 5) is 22.8. The first-order chi connectivity index (χ1) is 8.74. The minimum absolute atomic E-state index is 0.231. The number of aromatic amines is 1. The van der Waals surface area contributed by atoms with E-state index in [1.54, 1.807) is 24.4 Å². The molecule has 0 aliphatic heterocycles. The van der Waals surface area contributed by atoms with E-state index in [4.69, 9.17) is 0 Å². The average molecular weight is 241 g/mol. The second-order valence-electron chi connectivity index (χ2n) is 3.79. The zero-order chi connectivity index (χ0) is 12.5. The summed E-state index contributed by atoms with van der Waals surface area (Å²) in [7, 11) is 0. The third-order valence-electron chi connectivity index (χ3n) is 2.57. The zero-order valence-corrected chi connectivity index (χ0v) is 9.22. The lowest BCUT2D eigenvalue weighted by atomic mass is 10.2. The number of H-pyrrole nitrogens is 1. The molecule has 3 rings (SSSR count). The number of hydrogen-bond acceptors (Lipinski definition) is 3. The number of aromatic nitrogens is 3. The van der Waals surface area contributed by atoms with Gasteiger partial charge in [0.15, 0.2) is 5.82 Å². The molecule has 2 aromatic heterocycles. The number of nitrogens with one attached hydrogen (secondary N) is 1.